The summed E-state index contributed by atoms with van der Waals surface area (Å²) in [6, 6.07) is -0.347. The smallest absolute Gasteiger partial charge is 0.161 e. The first-order valence-electron chi connectivity index (χ1n) is 5.48. The third-order valence-corrected chi connectivity index (χ3v) is 4.24. The molecular weight excluding hydrogens is 228 g/mol. The number of hydrogen-bond donors (Lipinski definition) is 2. The van der Waals surface area contributed by atoms with Crippen LogP contribution in [0, 0.1) is 0 Å². The van der Waals surface area contributed by atoms with Gasteiger partial charge in [-0.25, -0.2) is 0 Å². The van der Waals surface area contributed by atoms with Crippen molar-refractivity contribution in [3.8, 4) is 0 Å². The summed E-state index contributed by atoms with van der Waals surface area (Å²) in [5.41, 5.74) is -0.166. The number of thioether (sulfide) groups is 1. The molecule has 2 aliphatic rings. The number of aliphatic hydroxyl groups is 2. The quantitative estimate of drug-likeness (QED) is 0.675. The Labute approximate surface area is 99.5 Å². The third kappa shape index (κ3) is 1.95. The minimum Gasteiger partial charge on any atom is -0.388 e. The third-order valence-electron chi connectivity index (χ3n) is 2.93. The van der Waals surface area contributed by atoms with Crippen LogP contribution in [0.1, 0.15) is 13.3 Å². The standard InChI is InChI=1S/C10H18N2O3S/c1-4-5-7(13)8(14)6-9(15-5)16-10(11-6)12(2)3/h5-9,13-14H,4H2,1-3H3/t5-,6?,7?,8?,9-/m1/s1. The number of amidine groups is 1. The molecule has 2 rings (SSSR count). The molecule has 92 valence electrons. The molecule has 5 nitrogen and oxygen atoms in total. The van der Waals surface area contributed by atoms with E-state index in [-0.39, 0.29) is 17.6 Å². The molecule has 2 N–H and O–H groups in total. The maximum atomic E-state index is 9.98. The van der Waals surface area contributed by atoms with Gasteiger partial charge in [0.1, 0.15) is 23.7 Å². The average Bonchev–Trinajstić information content (AvgIpc) is 2.67. The lowest BCUT2D eigenvalue weighted by molar-refractivity contribution is -0.153. The fourth-order valence-electron chi connectivity index (χ4n) is 1.97. The Hall–Kier alpha value is -0.300. The van der Waals surface area contributed by atoms with Crippen LogP contribution in [0.3, 0.4) is 0 Å². The predicted octanol–water partition coefficient (Wildman–Crippen LogP) is -0.124. The normalized spacial score (nSPS) is 42.8. The minimum atomic E-state index is -0.836. The molecule has 3 unspecified atom stereocenters. The molecule has 0 amide bonds. The van der Waals surface area contributed by atoms with Gasteiger partial charge in [0.15, 0.2) is 5.17 Å². The summed E-state index contributed by atoms with van der Waals surface area (Å²) in [6.07, 6.45) is -1.26. The van der Waals surface area contributed by atoms with Crippen LogP contribution in [0.4, 0.5) is 0 Å². The second-order valence-corrected chi connectivity index (χ2v) is 5.41. The number of aliphatic imine (C=N–C) groups is 1. The van der Waals surface area contributed by atoms with Crippen LogP contribution in [0.2, 0.25) is 0 Å². The fraction of sp³-hybridized carbons (Fsp3) is 0.900. The Morgan fingerprint density at radius 3 is 2.62 bits per heavy atom. The number of aliphatic hydroxyl groups excluding tert-OH is 2. The number of ether oxygens (including phenoxy) is 1. The molecular formula is C10H18N2O3S. The summed E-state index contributed by atoms with van der Waals surface area (Å²) in [5.74, 6) is 0. The fourth-order valence-corrected chi connectivity index (χ4v) is 3.13. The Morgan fingerprint density at radius 1 is 1.38 bits per heavy atom. The zero-order chi connectivity index (χ0) is 11.9. The van der Waals surface area contributed by atoms with Gasteiger partial charge in [0, 0.05) is 14.1 Å². The van der Waals surface area contributed by atoms with Crippen LogP contribution in [0.25, 0.3) is 0 Å². The summed E-state index contributed by atoms with van der Waals surface area (Å²) >= 11 is 1.51. The molecule has 0 bridgehead atoms. The van der Waals surface area contributed by atoms with Crippen molar-refractivity contribution in [1.82, 2.24) is 4.90 Å². The molecule has 1 fully saturated rings. The van der Waals surface area contributed by atoms with Crippen molar-refractivity contribution in [2.45, 2.75) is 43.1 Å². The van der Waals surface area contributed by atoms with Gasteiger partial charge in [0.05, 0.1) is 6.10 Å². The summed E-state index contributed by atoms with van der Waals surface area (Å²) in [5, 5.41) is 20.7. The Morgan fingerprint density at radius 2 is 2.06 bits per heavy atom. The molecule has 0 spiro atoms. The molecule has 16 heavy (non-hydrogen) atoms. The van der Waals surface area contributed by atoms with Gasteiger partial charge in [0.25, 0.3) is 0 Å². The van der Waals surface area contributed by atoms with Gasteiger partial charge in [-0.2, -0.15) is 0 Å². The van der Waals surface area contributed by atoms with Crippen LogP contribution in [0.15, 0.2) is 4.99 Å². The van der Waals surface area contributed by atoms with Gasteiger partial charge < -0.3 is 19.8 Å². The molecule has 0 saturated carbocycles. The summed E-state index contributed by atoms with van der Waals surface area (Å²) < 4.78 is 5.73. The number of nitrogens with zero attached hydrogens (tertiary/aromatic N) is 2. The Balaban J connectivity index is 2.14. The molecule has 2 aliphatic heterocycles. The predicted molar refractivity (Wildman–Crippen MR) is 63.5 cm³/mol. The highest BCUT2D eigenvalue weighted by Gasteiger charge is 2.47. The lowest BCUT2D eigenvalue weighted by Crippen LogP contribution is -2.54. The molecule has 5 atom stereocenters. The highest BCUT2D eigenvalue weighted by Crippen LogP contribution is 2.37. The van der Waals surface area contributed by atoms with Crippen molar-refractivity contribution < 1.29 is 14.9 Å². The maximum Gasteiger partial charge on any atom is 0.161 e. The van der Waals surface area contributed by atoms with Crippen LogP contribution >= 0.6 is 11.8 Å². The first-order chi connectivity index (χ1) is 7.54. The second kappa shape index (κ2) is 4.52. The molecule has 0 aromatic carbocycles. The molecule has 6 heteroatoms. The largest absolute Gasteiger partial charge is 0.388 e. The summed E-state index contributed by atoms with van der Waals surface area (Å²) in [7, 11) is 3.81. The molecule has 0 aliphatic carbocycles. The summed E-state index contributed by atoms with van der Waals surface area (Å²) in [6.45, 7) is 1.94. The van der Waals surface area contributed by atoms with Crippen LogP contribution in [-0.4, -0.2) is 64.2 Å². The topological polar surface area (TPSA) is 65.3 Å². The number of rotatable bonds is 1. The molecule has 2 heterocycles. The van der Waals surface area contributed by atoms with E-state index in [9.17, 15) is 10.2 Å². The van der Waals surface area contributed by atoms with E-state index in [1.165, 1.54) is 11.8 Å². The van der Waals surface area contributed by atoms with Crippen molar-refractivity contribution in [2.24, 2.45) is 4.99 Å². The lowest BCUT2D eigenvalue weighted by atomic mass is 9.97. The van der Waals surface area contributed by atoms with E-state index in [4.69, 9.17) is 4.74 Å². The average molecular weight is 246 g/mol. The van der Waals surface area contributed by atoms with E-state index >= 15 is 0 Å². The van der Waals surface area contributed by atoms with Gasteiger partial charge in [-0.05, 0) is 6.42 Å². The zero-order valence-electron chi connectivity index (χ0n) is 9.70. The van der Waals surface area contributed by atoms with E-state index in [1.54, 1.807) is 0 Å². The van der Waals surface area contributed by atoms with Crippen LogP contribution < -0.4 is 0 Å². The second-order valence-electron chi connectivity index (χ2n) is 4.35. The number of hydrogen-bond acceptors (Lipinski definition) is 6. The van der Waals surface area contributed by atoms with Crippen molar-refractivity contribution >= 4 is 16.9 Å². The van der Waals surface area contributed by atoms with E-state index in [0.29, 0.717) is 6.42 Å². The van der Waals surface area contributed by atoms with E-state index in [1.807, 2.05) is 25.9 Å². The van der Waals surface area contributed by atoms with Crippen LogP contribution in [0.5, 0.6) is 0 Å². The van der Waals surface area contributed by atoms with Crippen molar-refractivity contribution in [2.75, 3.05) is 14.1 Å². The van der Waals surface area contributed by atoms with Gasteiger partial charge in [-0.1, -0.05) is 18.7 Å². The highest BCUT2D eigenvalue weighted by atomic mass is 32.2. The monoisotopic (exact) mass is 246 g/mol. The first kappa shape index (κ1) is 12.2. The maximum absolute atomic E-state index is 9.98. The SMILES string of the molecule is CC[C@H]1O[C@@H]2SC(N(C)C)=NC2C(O)C1O. The van der Waals surface area contributed by atoms with Gasteiger partial charge >= 0.3 is 0 Å². The molecule has 0 radical (unpaired) electrons. The van der Waals surface area contributed by atoms with Crippen LogP contribution in [-0.2, 0) is 4.74 Å². The summed E-state index contributed by atoms with van der Waals surface area (Å²) in [4.78, 5) is 6.28. The van der Waals surface area contributed by atoms with Crippen molar-refractivity contribution in [1.29, 1.82) is 0 Å². The Bertz CT molecular complexity index is 298. The molecule has 0 aromatic rings. The minimum absolute atomic E-state index is 0.166. The van der Waals surface area contributed by atoms with Gasteiger partial charge in [0.2, 0.25) is 0 Å². The van der Waals surface area contributed by atoms with Gasteiger partial charge in [-0.3, -0.25) is 4.99 Å². The number of fused-ring (bicyclic) bond motifs is 1. The lowest BCUT2D eigenvalue weighted by Gasteiger charge is -2.37. The highest BCUT2D eigenvalue weighted by molar-refractivity contribution is 8.14. The zero-order valence-corrected chi connectivity index (χ0v) is 10.5. The van der Waals surface area contributed by atoms with E-state index < -0.39 is 12.2 Å². The Kier molecular flexibility index (Phi) is 3.44. The molecule has 0 aromatic heterocycles. The van der Waals surface area contributed by atoms with E-state index in [2.05, 4.69) is 4.99 Å². The van der Waals surface area contributed by atoms with Crippen molar-refractivity contribution in [3.63, 3.8) is 0 Å². The molecule has 1 saturated heterocycles. The van der Waals surface area contributed by atoms with Crippen molar-refractivity contribution in [3.05, 3.63) is 0 Å². The first-order valence-corrected chi connectivity index (χ1v) is 6.36. The van der Waals surface area contributed by atoms with Gasteiger partial charge in [-0.15, -0.1) is 0 Å². The van der Waals surface area contributed by atoms with E-state index in [0.717, 1.165) is 5.17 Å².